The number of nitrogens with one attached hydrogen (secondary N) is 1. The van der Waals surface area contributed by atoms with Gasteiger partial charge in [-0.15, -0.1) is 11.3 Å². The molecular formula is C18H19N3O2S2. The van der Waals surface area contributed by atoms with E-state index in [4.69, 9.17) is 4.42 Å². The third-order valence-corrected chi connectivity index (χ3v) is 6.40. The first kappa shape index (κ1) is 16.6. The van der Waals surface area contributed by atoms with Crippen molar-refractivity contribution in [1.82, 2.24) is 15.2 Å². The van der Waals surface area contributed by atoms with Gasteiger partial charge in [0.15, 0.2) is 5.76 Å². The van der Waals surface area contributed by atoms with Crippen LogP contribution in [-0.4, -0.2) is 42.0 Å². The fraction of sp³-hybridized carbons (Fsp3) is 0.333. The number of aryl methyl sites for hydroxylation is 1. The van der Waals surface area contributed by atoms with Crippen molar-refractivity contribution in [2.24, 2.45) is 0 Å². The zero-order valence-corrected chi connectivity index (χ0v) is 15.6. The average molecular weight is 374 g/mol. The average Bonchev–Trinajstić information content (AvgIpc) is 3.23. The van der Waals surface area contributed by atoms with E-state index in [9.17, 15) is 4.79 Å². The predicted octanol–water partition coefficient (Wildman–Crippen LogP) is 3.54. The summed E-state index contributed by atoms with van der Waals surface area (Å²) in [6, 6.07) is 7.87. The van der Waals surface area contributed by atoms with Gasteiger partial charge in [-0.25, -0.2) is 4.98 Å². The van der Waals surface area contributed by atoms with Crippen LogP contribution in [0.25, 0.3) is 11.0 Å². The standard InChI is InChI=1S/C18H19N3O2S2/c1-12-10-24-18(20-12)25-11-14-13-4-2-3-5-15(13)23-16(14)17(22)21-8-6-19-7-9-21/h2-5,10,19H,6-9,11H2,1H3. The number of thioether (sulfide) groups is 1. The topological polar surface area (TPSA) is 58.4 Å². The van der Waals surface area contributed by atoms with Crippen LogP contribution in [0.15, 0.2) is 38.4 Å². The molecule has 5 nitrogen and oxygen atoms in total. The zero-order chi connectivity index (χ0) is 17.2. The molecule has 1 aliphatic heterocycles. The summed E-state index contributed by atoms with van der Waals surface area (Å²) in [6.07, 6.45) is 0. The number of nitrogens with zero attached hydrogens (tertiary/aromatic N) is 2. The number of piperazine rings is 1. The molecule has 130 valence electrons. The number of aromatic nitrogens is 1. The van der Waals surface area contributed by atoms with Crippen molar-refractivity contribution in [2.75, 3.05) is 26.2 Å². The van der Waals surface area contributed by atoms with Gasteiger partial charge in [0.05, 0.1) is 0 Å². The van der Waals surface area contributed by atoms with Gasteiger partial charge in [0.1, 0.15) is 9.92 Å². The van der Waals surface area contributed by atoms with Crippen LogP contribution in [-0.2, 0) is 5.75 Å². The highest BCUT2D eigenvalue weighted by atomic mass is 32.2. The van der Waals surface area contributed by atoms with E-state index in [1.54, 1.807) is 23.1 Å². The van der Waals surface area contributed by atoms with E-state index in [0.29, 0.717) is 24.6 Å². The maximum absolute atomic E-state index is 13.0. The summed E-state index contributed by atoms with van der Waals surface area (Å²) in [6.45, 7) is 5.08. The van der Waals surface area contributed by atoms with Gasteiger partial charge in [0.25, 0.3) is 5.91 Å². The maximum Gasteiger partial charge on any atom is 0.290 e. The van der Waals surface area contributed by atoms with E-state index in [2.05, 4.69) is 10.3 Å². The van der Waals surface area contributed by atoms with Crippen LogP contribution in [0.5, 0.6) is 0 Å². The molecule has 0 bridgehead atoms. The number of hydrogen-bond acceptors (Lipinski definition) is 6. The Bertz CT molecular complexity index is 897. The maximum atomic E-state index is 13.0. The Morgan fingerprint density at radius 1 is 1.36 bits per heavy atom. The SMILES string of the molecule is Cc1csc(SCc2c(C(=O)N3CCNCC3)oc3ccccc23)n1. The summed E-state index contributed by atoms with van der Waals surface area (Å²) in [5, 5.41) is 6.34. The molecule has 0 radical (unpaired) electrons. The Balaban J connectivity index is 1.66. The number of carbonyl (C=O) groups is 1. The van der Waals surface area contributed by atoms with Gasteiger partial charge in [-0.3, -0.25) is 4.79 Å². The molecule has 1 N–H and O–H groups in total. The van der Waals surface area contributed by atoms with E-state index in [-0.39, 0.29) is 5.91 Å². The number of carbonyl (C=O) groups excluding carboxylic acids is 1. The van der Waals surface area contributed by atoms with Crippen molar-refractivity contribution < 1.29 is 9.21 Å². The number of thiazole rings is 1. The van der Waals surface area contributed by atoms with Crippen molar-refractivity contribution in [3.63, 3.8) is 0 Å². The third kappa shape index (κ3) is 3.44. The van der Waals surface area contributed by atoms with E-state index >= 15 is 0 Å². The Hall–Kier alpha value is -1.83. The predicted molar refractivity (Wildman–Crippen MR) is 101 cm³/mol. The number of hydrogen-bond donors (Lipinski definition) is 1. The van der Waals surface area contributed by atoms with Crippen molar-refractivity contribution in [3.05, 3.63) is 46.7 Å². The Morgan fingerprint density at radius 2 is 2.16 bits per heavy atom. The van der Waals surface area contributed by atoms with E-state index < -0.39 is 0 Å². The van der Waals surface area contributed by atoms with Crippen LogP contribution < -0.4 is 5.32 Å². The first-order valence-corrected chi connectivity index (χ1v) is 10.1. The van der Waals surface area contributed by atoms with Crippen molar-refractivity contribution in [1.29, 1.82) is 0 Å². The lowest BCUT2D eigenvalue weighted by molar-refractivity contribution is 0.0705. The number of furan rings is 1. The normalized spacial score (nSPS) is 15.0. The van der Waals surface area contributed by atoms with Crippen molar-refractivity contribution in [3.8, 4) is 0 Å². The molecular weight excluding hydrogens is 354 g/mol. The summed E-state index contributed by atoms with van der Waals surface area (Å²) >= 11 is 3.29. The second-order valence-corrected chi connectivity index (χ2v) is 8.07. The second kappa shape index (κ2) is 7.19. The van der Waals surface area contributed by atoms with Crippen LogP contribution >= 0.6 is 23.1 Å². The van der Waals surface area contributed by atoms with Gasteiger partial charge in [-0.05, 0) is 13.0 Å². The minimum absolute atomic E-state index is 0.0105. The molecule has 4 rings (SSSR count). The molecule has 0 saturated carbocycles. The molecule has 1 amide bonds. The van der Waals surface area contributed by atoms with Crippen LogP contribution in [0.2, 0.25) is 0 Å². The third-order valence-electron chi connectivity index (χ3n) is 4.23. The minimum atomic E-state index is -0.0105. The molecule has 3 heterocycles. The fourth-order valence-electron chi connectivity index (χ4n) is 2.96. The molecule has 0 aliphatic carbocycles. The molecule has 1 aromatic carbocycles. The first-order valence-electron chi connectivity index (χ1n) is 8.27. The highest BCUT2D eigenvalue weighted by Crippen LogP contribution is 2.33. The molecule has 3 aromatic rings. The lowest BCUT2D eigenvalue weighted by Crippen LogP contribution is -2.46. The second-order valence-electron chi connectivity index (χ2n) is 5.99. The van der Waals surface area contributed by atoms with E-state index in [1.165, 1.54) is 0 Å². The molecule has 0 unspecified atom stereocenters. The largest absolute Gasteiger partial charge is 0.451 e. The molecule has 1 aliphatic rings. The molecule has 1 fully saturated rings. The molecule has 0 atom stereocenters. The highest BCUT2D eigenvalue weighted by Gasteiger charge is 2.26. The quantitative estimate of drug-likeness (QED) is 0.709. The Labute approximate surface area is 154 Å². The van der Waals surface area contributed by atoms with E-state index in [0.717, 1.165) is 39.7 Å². The summed E-state index contributed by atoms with van der Waals surface area (Å²) < 4.78 is 6.98. The zero-order valence-electron chi connectivity index (χ0n) is 13.9. The minimum Gasteiger partial charge on any atom is -0.451 e. The van der Waals surface area contributed by atoms with Crippen LogP contribution in [0.3, 0.4) is 0 Å². The monoisotopic (exact) mass is 373 g/mol. The number of para-hydroxylation sites is 1. The van der Waals surface area contributed by atoms with Gasteiger partial charge < -0.3 is 14.6 Å². The van der Waals surface area contributed by atoms with Gasteiger partial charge >= 0.3 is 0 Å². The summed E-state index contributed by atoms with van der Waals surface area (Å²) in [5.41, 5.74) is 2.77. The number of amides is 1. The van der Waals surface area contributed by atoms with Gasteiger partial charge in [0.2, 0.25) is 0 Å². The van der Waals surface area contributed by atoms with Crippen LogP contribution in [0.4, 0.5) is 0 Å². The summed E-state index contributed by atoms with van der Waals surface area (Å²) in [5.74, 6) is 1.14. The summed E-state index contributed by atoms with van der Waals surface area (Å²) in [7, 11) is 0. The molecule has 0 spiro atoms. The number of fused-ring (bicyclic) bond motifs is 1. The fourth-order valence-corrected chi connectivity index (χ4v) is 4.84. The number of benzene rings is 1. The van der Waals surface area contributed by atoms with Gasteiger partial charge in [-0.2, -0.15) is 0 Å². The Kier molecular flexibility index (Phi) is 4.78. The molecule has 1 saturated heterocycles. The Morgan fingerprint density at radius 3 is 2.92 bits per heavy atom. The van der Waals surface area contributed by atoms with Gasteiger partial charge in [-0.1, -0.05) is 30.0 Å². The van der Waals surface area contributed by atoms with Gasteiger partial charge in [0, 0.05) is 54.0 Å². The van der Waals surface area contributed by atoms with Crippen LogP contribution in [0, 0.1) is 6.92 Å². The molecule has 25 heavy (non-hydrogen) atoms. The van der Waals surface area contributed by atoms with Crippen molar-refractivity contribution >= 4 is 40.0 Å². The molecule has 2 aromatic heterocycles. The summed E-state index contributed by atoms with van der Waals surface area (Å²) in [4.78, 5) is 19.4. The number of rotatable bonds is 4. The lowest BCUT2D eigenvalue weighted by Gasteiger charge is -2.26. The highest BCUT2D eigenvalue weighted by molar-refractivity contribution is 8.00. The first-order chi connectivity index (χ1) is 12.2. The van der Waals surface area contributed by atoms with Crippen LogP contribution in [0.1, 0.15) is 21.8 Å². The van der Waals surface area contributed by atoms with Crippen molar-refractivity contribution in [2.45, 2.75) is 17.0 Å². The molecule has 7 heteroatoms. The smallest absolute Gasteiger partial charge is 0.290 e. The van der Waals surface area contributed by atoms with E-state index in [1.807, 2.05) is 41.5 Å². The lowest BCUT2D eigenvalue weighted by atomic mass is 10.1.